The van der Waals surface area contributed by atoms with E-state index < -0.39 is 24.3 Å². The Morgan fingerprint density at radius 1 is 1.43 bits per heavy atom. The lowest BCUT2D eigenvalue weighted by atomic mass is 10.3. The molecule has 2 rings (SSSR count). The van der Waals surface area contributed by atoms with E-state index in [0.29, 0.717) is 5.69 Å². The zero-order valence-corrected chi connectivity index (χ0v) is 11.6. The predicted molar refractivity (Wildman–Crippen MR) is 71.6 cm³/mol. The summed E-state index contributed by atoms with van der Waals surface area (Å²) < 4.78 is 22.3. The molecule has 0 aliphatic heterocycles. The van der Waals surface area contributed by atoms with Crippen molar-refractivity contribution >= 4 is 29.2 Å². The minimum absolute atomic E-state index is 0.0422. The molecule has 0 radical (unpaired) electrons. The van der Waals surface area contributed by atoms with Gasteiger partial charge < -0.3 is 14.6 Å². The molecule has 0 unspecified atom stereocenters. The zero-order valence-electron chi connectivity index (χ0n) is 10.9. The van der Waals surface area contributed by atoms with Gasteiger partial charge in [-0.05, 0) is 25.1 Å². The number of esters is 1. The Hall–Kier alpha value is -2.41. The molecule has 1 heterocycles. The number of aromatic nitrogens is 1. The Labute approximate surface area is 123 Å². The van der Waals surface area contributed by atoms with Crippen molar-refractivity contribution < 1.29 is 23.2 Å². The SMILES string of the molecule is Cc1cc(C(=O)OCC(=O)Nc2ccc(F)cc2Cl)on1. The van der Waals surface area contributed by atoms with E-state index in [9.17, 15) is 14.0 Å². The van der Waals surface area contributed by atoms with Crippen LogP contribution >= 0.6 is 11.6 Å². The Morgan fingerprint density at radius 2 is 2.19 bits per heavy atom. The molecule has 110 valence electrons. The minimum atomic E-state index is -0.809. The number of halogens is 2. The fourth-order valence-electron chi connectivity index (χ4n) is 1.44. The van der Waals surface area contributed by atoms with E-state index in [2.05, 4.69) is 15.0 Å². The monoisotopic (exact) mass is 312 g/mol. The lowest BCUT2D eigenvalue weighted by molar-refractivity contribution is -0.119. The van der Waals surface area contributed by atoms with Gasteiger partial charge in [0.05, 0.1) is 16.4 Å². The van der Waals surface area contributed by atoms with Crippen molar-refractivity contribution in [3.63, 3.8) is 0 Å². The van der Waals surface area contributed by atoms with E-state index in [0.717, 1.165) is 12.1 Å². The molecule has 0 saturated heterocycles. The number of nitrogens with one attached hydrogen (secondary N) is 1. The normalized spacial score (nSPS) is 10.2. The summed E-state index contributed by atoms with van der Waals surface area (Å²) >= 11 is 5.75. The third kappa shape index (κ3) is 4.03. The summed E-state index contributed by atoms with van der Waals surface area (Å²) in [5.41, 5.74) is 0.735. The molecule has 1 aromatic carbocycles. The Kier molecular flexibility index (Phi) is 4.54. The topological polar surface area (TPSA) is 81.4 Å². The van der Waals surface area contributed by atoms with Crippen LogP contribution in [0.2, 0.25) is 5.02 Å². The number of rotatable bonds is 4. The van der Waals surface area contributed by atoms with Crippen LogP contribution in [0.15, 0.2) is 28.8 Å². The summed E-state index contributed by atoms with van der Waals surface area (Å²) in [6.07, 6.45) is 0. The van der Waals surface area contributed by atoms with Crippen LogP contribution in [-0.4, -0.2) is 23.6 Å². The quantitative estimate of drug-likeness (QED) is 0.877. The first-order valence-corrected chi connectivity index (χ1v) is 6.19. The van der Waals surface area contributed by atoms with Gasteiger partial charge in [-0.2, -0.15) is 0 Å². The van der Waals surface area contributed by atoms with Crippen molar-refractivity contribution in [3.05, 3.63) is 46.6 Å². The summed E-state index contributed by atoms with van der Waals surface area (Å²) in [6, 6.07) is 4.89. The average molecular weight is 313 g/mol. The molecule has 0 atom stereocenters. The molecule has 0 aliphatic carbocycles. The third-order valence-corrected chi connectivity index (χ3v) is 2.68. The fraction of sp³-hybridized carbons (Fsp3) is 0.154. The highest BCUT2D eigenvalue weighted by molar-refractivity contribution is 6.33. The van der Waals surface area contributed by atoms with Gasteiger partial charge in [-0.1, -0.05) is 16.8 Å². The van der Waals surface area contributed by atoms with Gasteiger partial charge in [0.25, 0.3) is 5.91 Å². The van der Waals surface area contributed by atoms with Gasteiger partial charge in [-0.3, -0.25) is 4.79 Å². The molecule has 0 saturated carbocycles. The number of benzene rings is 1. The smallest absolute Gasteiger partial charge is 0.377 e. The van der Waals surface area contributed by atoms with Crippen molar-refractivity contribution in [1.82, 2.24) is 5.16 Å². The van der Waals surface area contributed by atoms with Crippen molar-refractivity contribution in [3.8, 4) is 0 Å². The second-order valence-electron chi connectivity index (χ2n) is 4.08. The number of nitrogens with zero attached hydrogens (tertiary/aromatic N) is 1. The van der Waals surface area contributed by atoms with E-state index >= 15 is 0 Å². The highest BCUT2D eigenvalue weighted by atomic mass is 35.5. The zero-order chi connectivity index (χ0) is 15.4. The first-order valence-electron chi connectivity index (χ1n) is 5.81. The molecule has 1 N–H and O–H groups in total. The molecule has 1 amide bonds. The number of anilines is 1. The maximum absolute atomic E-state index is 12.8. The van der Waals surface area contributed by atoms with Crippen molar-refractivity contribution in [1.29, 1.82) is 0 Å². The van der Waals surface area contributed by atoms with Crippen LogP contribution < -0.4 is 5.32 Å². The number of carbonyl (C=O) groups excluding carboxylic acids is 2. The molecule has 0 fully saturated rings. The fourth-order valence-corrected chi connectivity index (χ4v) is 1.65. The van der Waals surface area contributed by atoms with Crippen molar-refractivity contribution in [2.24, 2.45) is 0 Å². The maximum Gasteiger partial charge on any atom is 0.377 e. The number of amides is 1. The Bertz CT molecular complexity index is 687. The van der Waals surface area contributed by atoms with Crippen LogP contribution in [0.1, 0.15) is 16.2 Å². The third-order valence-electron chi connectivity index (χ3n) is 2.37. The highest BCUT2D eigenvalue weighted by Gasteiger charge is 2.15. The van der Waals surface area contributed by atoms with E-state index in [-0.39, 0.29) is 16.5 Å². The van der Waals surface area contributed by atoms with E-state index in [1.54, 1.807) is 6.92 Å². The molecule has 6 nitrogen and oxygen atoms in total. The van der Waals surface area contributed by atoms with Crippen molar-refractivity contribution in [2.45, 2.75) is 6.92 Å². The van der Waals surface area contributed by atoms with Crippen LogP contribution in [0.5, 0.6) is 0 Å². The average Bonchev–Trinajstić information content (AvgIpc) is 2.86. The number of ether oxygens (including phenoxy) is 1. The van der Waals surface area contributed by atoms with E-state index in [1.165, 1.54) is 12.1 Å². The number of hydrogen-bond donors (Lipinski definition) is 1. The molecule has 21 heavy (non-hydrogen) atoms. The lowest BCUT2D eigenvalue weighted by Gasteiger charge is -2.07. The standard InChI is InChI=1S/C13H10ClFN2O4/c1-7-4-11(21-17-7)13(19)20-6-12(18)16-10-3-2-8(15)5-9(10)14/h2-5H,6H2,1H3,(H,16,18). The molecule has 2 aromatic rings. The summed E-state index contributed by atoms with van der Waals surface area (Å²) in [5.74, 6) is -2.05. The highest BCUT2D eigenvalue weighted by Crippen LogP contribution is 2.22. The molecule has 0 bridgehead atoms. The number of aryl methyl sites for hydroxylation is 1. The number of hydrogen-bond acceptors (Lipinski definition) is 5. The van der Waals surface area contributed by atoms with Crippen LogP contribution in [0.3, 0.4) is 0 Å². The Balaban J connectivity index is 1.89. The molecule has 8 heteroatoms. The van der Waals surface area contributed by atoms with Gasteiger partial charge in [-0.25, -0.2) is 9.18 Å². The summed E-state index contributed by atoms with van der Waals surface area (Å²) in [5, 5.41) is 5.95. The number of carbonyl (C=O) groups is 2. The van der Waals surface area contributed by atoms with Gasteiger partial charge >= 0.3 is 5.97 Å². The van der Waals surface area contributed by atoms with Crippen LogP contribution in [0, 0.1) is 12.7 Å². The van der Waals surface area contributed by atoms with Gasteiger partial charge in [0.15, 0.2) is 6.61 Å². The second-order valence-corrected chi connectivity index (χ2v) is 4.49. The summed E-state index contributed by atoms with van der Waals surface area (Å²) in [7, 11) is 0. The van der Waals surface area contributed by atoms with E-state index in [1.807, 2.05) is 0 Å². The summed E-state index contributed by atoms with van der Waals surface area (Å²) in [6.45, 7) is 1.11. The van der Waals surface area contributed by atoms with Crippen molar-refractivity contribution in [2.75, 3.05) is 11.9 Å². The molecular formula is C13H10ClFN2O4. The first kappa shape index (κ1) is 15.0. The summed E-state index contributed by atoms with van der Waals surface area (Å²) in [4.78, 5) is 23.1. The predicted octanol–water partition coefficient (Wildman–Crippen LogP) is 2.57. The largest absolute Gasteiger partial charge is 0.450 e. The first-order chi connectivity index (χ1) is 9.95. The molecule has 0 spiro atoms. The second kappa shape index (κ2) is 6.36. The molecular weight excluding hydrogens is 303 g/mol. The van der Waals surface area contributed by atoms with Crippen LogP contribution in [0.4, 0.5) is 10.1 Å². The van der Waals surface area contributed by atoms with Gasteiger partial charge in [-0.15, -0.1) is 0 Å². The van der Waals surface area contributed by atoms with Gasteiger partial charge in [0.2, 0.25) is 5.76 Å². The van der Waals surface area contributed by atoms with Gasteiger partial charge in [0, 0.05) is 6.07 Å². The Morgan fingerprint density at radius 3 is 2.81 bits per heavy atom. The maximum atomic E-state index is 12.8. The van der Waals surface area contributed by atoms with Gasteiger partial charge in [0.1, 0.15) is 5.82 Å². The van der Waals surface area contributed by atoms with Crippen LogP contribution in [0.25, 0.3) is 0 Å². The molecule has 0 aliphatic rings. The van der Waals surface area contributed by atoms with Crippen LogP contribution in [-0.2, 0) is 9.53 Å². The minimum Gasteiger partial charge on any atom is -0.450 e. The van der Waals surface area contributed by atoms with E-state index in [4.69, 9.17) is 16.3 Å². The lowest BCUT2D eigenvalue weighted by Crippen LogP contribution is -2.21. The molecule has 1 aromatic heterocycles.